The van der Waals surface area contributed by atoms with Gasteiger partial charge in [0.2, 0.25) is 10.0 Å². The molecule has 0 aromatic heterocycles. The zero-order valence-electron chi connectivity index (χ0n) is 15.8. The predicted octanol–water partition coefficient (Wildman–Crippen LogP) is 0.515. The quantitative estimate of drug-likeness (QED) is 0.558. The lowest BCUT2D eigenvalue weighted by molar-refractivity contribution is 0.368. The lowest BCUT2D eigenvalue weighted by Crippen LogP contribution is -2.52. The molecular formula is C18H29N5O3S. The van der Waals surface area contributed by atoms with E-state index in [2.05, 4.69) is 20.1 Å². The van der Waals surface area contributed by atoms with Crippen molar-refractivity contribution in [2.24, 2.45) is 4.99 Å². The molecule has 0 spiro atoms. The summed E-state index contributed by atoms with van der Waals surface area (Å²) < 4.78 is 25.3. The Kier molecular flexibility index (Phi) is 6.43. The Morgan fingerprint density at radius 2 is 1.93 bits per heavy atom. The van der Waals surface area contributed by atoms with Crippen molar-refractivity contribution in [3.05, 3.63) is 24.3 Å². The lowest BCUT2D eigenvalue weighted by Gasteiger charge is -2.38. The monoisotopic (exact) mass is 395 g/mol. The van der Waals surface area contributed by atoms with Gasteiger partial charge in [-0.3, -0.25) is 4.99 Å². The number of para-hydroxylation sites is 2. The Balaban J connectivity index is 1.57. The number of aliphatic imine (C=N–C) groups is 1. The minimum absolute atomic E-state index is 0.255. The van der Waals surface area contributed by atoms with E-state index in [1.54, 1.807) is 6.07 Å². The van der Waals surface area contributed by atoms with E-state index in [1.807, 2.05) is 25.1 Å². The van der Waals surface area contributed by atoms with Gasteiger partial charge in [0.25, 0.3) is 0 Å². The van der Waals surface area contributed by atoms with Gasteiger partial charge in [-0.25, -0.2) is 12.7 Å². The maximum absolute atomic E-state index is 11.9. The van der Waals surface area contributed by atoms with E-state index in [-0.39, 0.29) is 5.75 Å². The molecule has 27 heavy (non-hydrogen) atoms. The van der Waals surface area contributed by atoms with Crippen LogP contribution in [0.15, 0.2) is 29.3 Å². The van der Waals surface area contributed by atoms with Crippen molar-refractivity contribution >= 4 is 21.7 Å². The van der Waals surface area contributed by atoms with E-state index >= 15 is 0 Å². The van der Waals surface area contributed by atoms with Crippen LogP contribution in [-0.2, 0) is 10.0 Å². The van der Waals surface area contributed by atoms with Gasteiger partial charge in [-0.1, -0.05) is 12.1 Å². The van der Waals surface area contributed by atoms with Crippen molar-refractivity contribution in [3.63, 3.8) is 0 Å². The Morgan fingerprint density at radius 3 is 2.56 bits per heavy atom. The van der Waals surface area contributed by atoms with E-state index in [0.717, 1.165) is 44.4 Å². The number of benzene rings is 1. The van der Waals surface area contributed by atoms with Crippen molar-refractivity contribution in [1.29, 1.82) is 0 Å². The number of aromatic hydroxyl groups is 1. The third-order valence-electron chi connectivity index (χ3n) is 4.95. The number of nitrogens with zero attached hydrogens (tertiary/aromatic N) is 4. The molecule has 1 aromatic rings. The number of anilines is 1. The predicted molar refractivity (Wildman–Crippen MR) is 108 cm³/mol. The molecule has 8 nitrogen and oxygen atoms in total. The van der Waals surface area contributed by atoms with Crippen LogP contribution < -0.4 is 10.2 Å². The van der Waals surface area contributed by atoms with E-state index < -0.39 is 10.0 Å². The van der Waals surface area contributed by atoms with Gasteiger partial charge in [0, 0.05) is 45.8 Å². The first-order valence-corrected chi connectivity index (χ1v) is 11.2. The van der Waals surface area contributed by atoms with Gasteiger partial charge < -0.3 is 20.2 Å². The zero-order chi connectivity index (χ0) is 19.3. The first kappa shape index (κ1) is 19.8. The number of nitrogens with one attached hydrogen (secondary N) is 1. The average Bonchev–Trinajstić information content (AvgIpc) is 3.00. The molecule has 2 N–H and O–H groups in total. The fourth-order valence-electron chi connectivity index (χ4n) is 3.53. The Hall–Kier alpha value is -2.00. The fourth-order valence-corrected chi connectivity index (χ4v) is 5.05. The highest BCUT2D eigenvalue weighted by Gasteiger charge is 2.27. The molecular weight excluding hydrogens is 366 g/mol. The van der Waals surface area contributed by atoms with Crippen molar-refractivity contribution in [2.45, 2.75) is 13.3 Å². The summed E-state index contributed by atoms with van der Waals surface area (Å²) in [6.45, 7) is 7.47. The molecule has 2 aliphatic heterocycles. The summed E-state index contributed by atoms with van der Waals surface area (Å²) in [5, 5.41) is 13.3. The normalized spacial score (nSPS) is 20.9. The smallest absolute Gasteiger partial charge is 0.214 e. The van der Waals surface area contributed by atoms with Crippen LogP contribution in [0.1, 0.15) is 13.3 Å². The second-order valence-corrected chi connectivity index (χ2v) is 8.86. The van der Waals surface area contributed by atoms with Crippen LogP contribution in [0.3, 0.4) is 0 Å². The lowest BCUT2D eigenvalue weighted by atomic mass is 10.2. The number of phenolic OH excluding ortho intramolecular Hbond substituents is 1. The second-order valence-electron chi connectivity index (χ2n) is 6.77. The van der Waals surface area contributed by atoms with Crippen molar-refractivity contribution < 1.29 is 13.5 Å². The first-order chi connectivity index (χ1) is 13.0. The molecule has 0 radical (unpaired) electrons. The summed E-state index contributed by atoms with van der Waals surface area (Å²) in [6, 6.07) is 7.39. The zero-order valence-corrected chi connectivity index (χ0v) is 16.7. The maximum atomic E-state index is 11.9. The van der Waals surface area contributed by atoms with Crippen LogP contribution in [0.2, 0.25) is 0 Å². The molecule has 0 unspecified atom stereocenters. The number of hydrogen-bond donors (Lipinski definition) is 2. The highest BCUT2D eigenvalue weighted by Crippen LogP contribution is 2.27. The molecule has 0 atom stereocenters. The molecule has 0 saturated carbocycles. The van der Waals surface area contributed by atoms with Crippen molar-refractivity contribution in [1.82, 2.24) is 14.5 Å². The number of rotatable bonds is 5. The minimum atomic E-state index is -3.06. The number of sulfonamides is 1. The third-order valence-corrected chi connectivity index (χ3v) is 6.91. The molecule has 2 saturated heterocycles. The van der Waals surface area contributed by atoms with Gasteiger partial charge in [-0.15, -0.1) is 0 Å². The van der Waals surface area contributed by atoms with Gasteiger partial charge in [-0.05, 0) is 25.5 Å². The van der Waals surface area contributed by atoms with Crippen LogP contribution in [0.4, 0.5) is 5.69 Å². The summed E-state index contributed by atoms with van der Waals surface area (Å²) in [6.07, 6.45) is 0.709. The molecule has 2 aliphatic rings. The van der Waals surface area contributed by atoms with Crippen molar-refractivity contribution in [3.8, 4) is 5.75 Å². The van der Waals surface area contributed by atoms with Crippen molar-refractivity contribution in [2.75, 3.05) is 63.0 Å². The summed E-state index contributed by atoms with van der Waals surface area (Å²) in [5.74, 6) is 1.38. The van der Waals surface area contributed by atoms with Gasteiger partial charge in [0.05, 0.1) is 18.0 Å². The summed E-state index contributed by atoms with van der Waals surface area (Å²) >= 11 is 0. The van der Waals surface area contributed by atoms with Crippen LogP contribution in [0.25, 0.3) is 0 Å². The molecule has 150 valence electrons. The van der Waals surface area contributed by atoms with E-state index in [1.165, 1.54) is 4.31 Å². The summed E-state index contributed by atoms with van der Waals surface area (Å²) in [4.78, 5) is 9.00. The molecule has 0 bridgehead atoms. The summed E-state index contributed by atoms with van der Waals surface area (Å²) in [5.41, 5.74) is 0.860. The van der Waals surface area contributed by atoms with Gasteiger partial charge in [0.15, 0.2) is 5.96 Å². The maximum Gasteiger partial charge on any atom is 0.214 e. The highest BCUT2D eigenvalue weighted by atomic mass is 32.2. The minimum Gasteiger partial charge on any atom is -0.506 e. The van der Waals surface area contributed by atoms with Gasteiger partial charge in [-0.2, -0.15) is 0 Å². The third kappa shape index (κ3) is 4.84. The first-order valence-electron chi connectivity index (χ1n) is 9.55. The number of piperazine rings is 1. The highest BCUT2D eigenvalue weighted by molar-refractivity contribution is 7.89. The van der Waals surface area contributed by atoms with Crippen LogP contribution in [0.5, 0.6) is 5.75 Å². The van der Waals surface area contributed by atoms with E-state index in [0.29, 0.717) is 31.8 Å². The Bertz CT molecular complexity index is 760. The molecule has 3 rings (SSSR count). The Morgan fingerprint density at radius 1 is 1.19 bits per heavy atom. The topological polar surface area (TPSA) is 88.5 Å². The van der Waals surface area contributed by atoms with Crippen LogP contribution in [0, 0.1) is 0 Å². The second kappa shape index (κ2) is 8.79. The number of hydrogen-bond acceptors (Lipinski definition) is 5. The molecule has 9 heteroatoms. The van der Waals surface area contributed by atoms with Crippen LogP contribution >= 0.6 is 0 Å². The number of phenols is 1. The molecule has 0 aliphatic carbocycles. The average molecular weight is 396 g/mol. The fraction of sp³-hybridized carbons (Fsp3) is 0.611. The van der Waals surface area contributed by atoms with Crippen LogP contribution in [-0.4, -0.2) is 86.8 Å². The standard InChI is InChI=1S/C18H29N5O3S/c1-2-19-18(20-8-10-23-9-5-15-27(23,25)26)22-13-11-21(12-14-22)16-6-3-4-7-17(16)24/h3-4,6-7,24H,2,5,8-15H2,1H3,(H,19,20). The SMILES string of the molecule is CCNC(=NCCN1CCCS1(=O)=O)N1CCN(c2ccccc2O)CC1. The van der Waals surface area contributed by atoms with E-state index in [9.17, 15) is 13.5 Å². The van der Waals surface area contributed by atoms with Gasteiger partial charge in [0.1, 0.15) is 5.75 Å². The number of guanidine groups is 1. The Labute approximate surface area is 161 Å². The van der Waals surface area contributed by atoms with E-state index in [4.69, 9.17) is 0 Å². The molecule has 0 amide bonds. The summed E-state index contributed by atoms with van der Waals surface area (Å²) in [7, 11) is -3.06. The molecule has 2 heterocycles. The largest absolute Gasteiger partial charge is 0.506 e. The molecule has 2 fully saturated rings. The molecule has 1 aromatic carbocycles. The van der Waals surface area contributed by atoms with Gasteiger partial charge >= 0.3 is 0 Å².